The summed E-state index contributed by atoms with van der Waals surface area (Å²) in [7, 11) is 0. The lowest BCUT2D eigenvalue weighted by atomic mass is 10.1. The standard InChI is InChI=1S/C25H20ClN7O3/c26-19-4-2-1-3-18(19)21-14-22(31-36-21)28-24(34)25(35)33-11-9-32(10-12-33)23-13-20(29-30-23)17-7-5-16(15-27)6-8-17/h1-8,13-14H,9-12H2,(H,29,30)(H,28,31,34). The second-order valence-electron chi connectivity index (χ2n) is 8.12. The van der Waals surface area contributed by atoms with Crippen molar-refractivity contribution in [3.05, 3.63) is 71.2 Å². The fourth-order valence-corrected chi connectivity index (χ4v) is 4.15. The number of carbonyl (C=O) groups excluding carboxylic acids is 2. The van der Waals surface area contributed by atoms with Gasteiger partial charge < -0.3 is 14.3 Å². The summed E-state index contributed by atoms with van der Waals surface area (Å²) in [6.07, 6.45) is 0. The van der Waals surface area contributed by atoms with Crippen molar-refractivity contribution in [2.75, 3.05) is 36.4 Å². The number of aromatic nitrogens is 3. The Hall–Kier alpha value is -4.62. The summed E-state index contributed by atoms with van der Waals surface area (Å²) in [5.74, 6) is -0.159. The number of halogens is 1. The van der Waals surface area contributed by atoms with Crippen LogP contribution in [-0.4, -0.2) is 58.2 Å². The number of rotatable bonds is 4. The average molecular weight is 502 g/mol. The molecule has 4 aromatic rings. The predicted octanol–water partition coefficient (Wildman–Crippen LogP) is 3.54. The molecule has 0 bridgehead atoms. The molecule has 0 radical (unpaired) electrons. The second kappa shape index (κ2) is 9.93. The van der Waals surface area contributed by atoms with Gasteiger partial charge in [-0.1, -0.05) is 41.0 Å². The Morgan fingerprint density at radius 2 is 1.81 bits per heavy atom. The number of hydrogen-bond donors (Lipinski definition) is 2. The average Bonchev–Trinajstić information content (AvgIpc) is 3.59. The summed E-state index contributed by atoms with van der Waals surface area (Å²) >= 11 is 6.17. The zero-order valence-corrected chi connectivity index (χ0v) is 19.7. The quantitative estimate of drug-likeness (QED) is 0.409. The Bertz CT molecular complexity index is 1450. The lowest BCUT2D eigenvalue weighted by molar-refractivity contribution is -0.143. The number of hydrogen-bond acceptors (Lipinski definition) is 7. The number of amides is 2. The Morgan fingerprint density at radius 3 is 2.53 bits per heavy atom. The molecule has 2 N–H and O–H groups in total. The minimum absolute atomic E-state index is 0.133. The number of benzene rings is 2. The molecule has 0 aliphatic carbocycles. The van der Waals surface area contributed by atoms with Gasteiger partial charge in [0.05, 0.1) is 22.3 Å². The fourth-order valence-electron chi connectivity index (χ4n) is 3.92. The molecule has 3 heterocycles. The molecule has 1 aliphatic heterocycles. The van der Waals surface area contributed by atoms with Gasteiger partial charge in [-0.15, -0.1) is 0 Å². The summed E-state index contributed by atoms with van der Waals surface area (Å²) in [4.78, 5) is 28.7. The molecule has 0 atom stereocenters. The van der Waals surface area contributed by atoms with Gasteiger partial charge in [-0.25, -0.2) is 0 Å². The zero-order chi connectivity index (χ0) is 25.1. The van der Waals surface area contributed by atoms with E-state index in [0.717, 1.165) is 17.1 Å². The van der Waals surface area contributed by atoms with E-state index in [1.54, 1.807) is 30.3 Å². The van der Waals surface area contributed by atoms with Crippen molar-refractivity contribution in [1.82, 2.24) is 20.3 Å². The van der Waals surface area contributed by atoms with Crippen molar-refractivity contribution < 1.29 is 14.1 Å². The summed E-state index contributed by atoms with van der Waals surface area (Å²) in [5, 5.41) is 23.1. The van der Waals surface area contributed by atoms with E-state index in [9.17, 15) is 9.59 Å². The molecule has 0 unspecified atom stereocenters. The van der Waals surface area contributed by atoms with Gasteiger partial charge in [-0.3, -0.25) is 20.0 Å². The van der Waals surface area contributed by atoms with Crippen LogP contribution in [0.4, 0.5) is 11.6 Å². The number of piperazine rings is 1. The third kappa shape index (κ3) is 4.78. The van der Waals surface area contributed by atoms with Crippen LogP contribution >= 0.6 is 11.6 Å². The largest absolute Gasteiger partial charge is 0.354 e. The molecule has 1 saturated heterocycles. The first-order valence-corrected chi connectivity index (χ1v) is 11.5. The molecular formula is C25H20ClN7O3. The highest BCUT2D eigenvalue weighted by Gasteiger charge is 2.27. The molecule has 2 aromatic carbocycles. The van der Waals surface area contributed by atoms with E-state index in [0.29, 0.717) is 48.1 Å². The Morgan fingerprint density at radius 1 is 1.06 bits per heavy atom. The molecule has 11 heteroatoms. The van der Waals surface area contributed by atoms with Crippen molar-refractivity contribution in [2.24, 2.45) is 0 Å². The molecule has 36 heavy (non-hydrogen) atoms. The molecule has 180 valence electrons. The molecule has 10 nitrogen and oxygen atoms in total. The molecule has 0 saturated carbocycles. The highest BCUT2D eigenvalue weighted by Crippen LogP contribution is 2.29. The smallest absolute Gasteiger partial charge is 0.315 e. The van der Waals surface area contributed by atoms with Gasteiger partial charge in [-0.2, -0.15) is 10.4 Å². The van der Waals surface area contributed by atoms with Crippen molar-refractivity contribution in [3.63, 3.8) is 0 Å². The second-order valence-corrected chi connectivity index (χ2v) is 8.53. The SMILES string of the molecule is N#Cc1ccc(-c2cc(N3CCN(C(=O)C(=O)Nc4cc(-c5ccccc5Cl)on4)CC3)n[nH]2)cc1. The van der Waals surface area contributed by atoms with Gasteiger partial charge in [0.15, 0.2) is 17.4 Å². The molecule has 2 amide bonds. The van der Waals surface area contributed by atoms with Gasteiger partial charge in [0.2, 0.25) is 0 Å². The van der Waals surface area contributed by atoms with Crippen LogP contribution in [0.3, 0.4) is 0 Å². The summed E-state index contributed by atoms with van der Waals surface area (Å²) in [6, 6.07) is 19.9. The van der Waals surface area contributed by atoms with Crippen molar-refractivity contribution >= 4 is 35.1 Å². The van der Waals surface area contributed by atoms with Gasteiger partial charge >= 0.3 is 11.8 Å². The summed E-state index contributed by atoms with van der Waals surface area (Å²) in [5.41, 5.74) is 2.98. The van der Waals surface area contributed by atoms with E-state index < -0.39 is 11.8 Å². The summed E-state index contributed by atoms with van der Waals surface area (Å²) < 4.78 is 5.26. The first-order valence-electron chi connectivity index (χ1n) is 11.1. The van der Waals surface area contributed by atoms with E-state index in [4.69, 9.17) is 21.4 Å². The maximum Gasteiger partial charge on any atom is 0.315 e. The molecule has 1 fully saturated rings. The van der Waals surface area contributed by atoms with Gasteiger partial charge in [0, 0.05) is 43.9 Å². The Kier molecular flexibility index (Phi) is 6.38. The topological polar surface area (TPSA) is 131 Å². The lowest BCUT2D eigenvalue weighted by Gasteiger charge is -2.34. The van der Waals surface area contributed by atoms with Crippen molar-refractivity contribution in [1.29, 1.82) is 5.26 Å². The number of carbonyl (C=O) groups is 2. The van der Waals surface area contributed by atoms with Crippen LogP contribution in [0.25, 0.3) is 22.6 Å². The van der Waals surface area contributed by atoms with Crippen LogP contribution in [0.2, 0.25) is 5.02 Å². The maximum atomic E-state index is 12.7. The highest BCUT2D eigenvalue weighted by atomic mass is 35.5. The maximum absolute atomic E-state index is 12.7. The van der Waals surface area contributed by atoms with E-state index in [1.807, 2.05) is 29.2 Å². The van der Waals surface area contributed by atoms with Crippen LogP contribution in [0.5, 0.6) is 0 Å². The first kappa shape index (κ1) is 23.1. The number of nitrogens with one attached hydrogen (secondary N) is 2. The summed E-state index contributed by atoms with van der Waals surface area (Å²) in [6.45, 7) is 1.79. The normalized spacial score (nSPS) is 13.3. The van der Waals surface area contributed by atoms with E-state index >= 15 is 0 Å². The van der Waals surface area contributed by atoms with Gasteiger partial charge in [0.25, 0.3) is 0 Å². The van der Waals surface area contributed by atoms with Crippen molar-refractivity contribution in [2.45, 2.75) is 0 Å². The molecule has 2 aromatic heterocycles. The third-order valence-electron chi connectivity index (χ3n) is 5.87. The van der Waals surface area contributed by atoms with E-state index in [-0.39, 0.29) is 5.82 Å². The number of nitrogens with zero attached hydrogens (tertiary/aromatic N) is 5. The van der Waals surface area contributed by atoms with Crippen LogP contribution in [0.1, 0.15) is 5.56 Å². The minimum atomic E-state index is -0.787. The molecule has 1 aliphatic rings. The van der Waals surface area contributed by atoms with Crippen LogP contribution in [0, 0.1) is 11.3 Å². The number of anilines is 2. The number of aromatic amines is 1. The fraction of sp³-hybridized carbons (Fsp3) is 0.160. The molecule has 0 spiro atoms. The monoisotopic (exact) mass is 501 g/mol. The van der Waals surface area contributed by atoms with Crippen LogP contribution < -0.4 is 10.2 Å². The Labute approximate surface area is 211 Å². The van der Waals surface area contributed by atoms with Crippen LogP contribution in [-0.2, 0) is 9.59 Å². The molecule has 5 rings (SSSR count). The first-order chi connectivity index (χ1) is 17.5. The zero-order valence-electron chi connectivity index (χ0n) is 18.9. The minimum Gasteiger partial charge on any atom is -0.354 e. The molecular weight excluding hydrogens is 482 g/mol. The Balaban J connectivity index is 1.16. The van der Waals surface area contributed by atoms with E-state index in [1.165, 1.54) is 11.0 Å². The number of H-pyrrole nitrogens is 1. The third-order valence-corrected chi connectivity index (χ3v) is 6.20. The van der Waals surface area contributed by atoms with Crippen LogP contribution in [0.15, 0.2) is 65.2 Å². The predicted molar refractivity (Wildman–Crippen MR) is 133 cm³/mol. The number of nitriles is 1. The van der Waals surface area contributed by atoms with Crippen molar-refractivity contribution in [3.8, 4) is 28.7 Å². The highest BCUT2D eigenvalue weighted by molar-refractivity contribution is 6.39. The van der Waals surface area contributed by atoms with E-state index in [2.05, 4.69) is 26.7 Å². The lowest BCUT2D eigenvalue weighted by Crippen LogP contribution is -2.51. The van der Waals surface area contributed by atoms with Gasteiger partial charge in [0.1, 0.15) is 0 Å². The van der Waals surface area contributed by atoms with Gasteiger partial charge in [-0.05, 0) is 29.8 Å².